The van der Waals surface area contributed by atoms with Crippen LogP contribution in [0.2, 0.25) is 0 Å². The molecule has 0 spiro atoms. The number of aryl methyl sites for hydroxylation is 3. The predicted octanol–water partition coefficient (Wildman–Crippen LogP) is 4.04. The fourth-order valence-electron chi connectivity index (χ4n) is 3.06. The van der Waals surface area contributed by atoms with Crippen LogP contribution in [0.5, 0.6) is 0 Å². The number of hydrogen-bond donors (Lipinski definition) is 2. The van der Waals surface area contributed by atoms with Gasteiger partial charge in [0.05, 0.1) is 12.0 Å². The Morgan fingerprint density at radius 3 is 2.77 bits per heavy atom. The average molecular weight is 367 g/mol. The minimum atomic E-state index is -0.394. The lowest BCUT2D eigenvalue weighted by Crippen LogP contribution is -2.11. The normalized spacial score (nSPS) is 12.7. The van der Waals surface area contributed by atoms with Crippen molar-refractivity contribution in [3.05, 3.63) is 64.1 Å². The molecule has 2 amide bonds. The van der Waals surface area contributed by atoms with Crippen molar-refractivity contribution in [3.8, 4) is 0 Å². The molecule has 0 bridgehead atoms. The molecule has 7 heteroatoms. The fourth-order valence-corrected chi connectivity index (χ4v) is 3.92. The van der Waals surface area contributed by atoms with E-state index in [-0.39, 0.29) is 11.7 Å². The molecule has 1 aliphatic carbocycles. The number of amides is 2. The molecule has 0 aliphatic heterocycles. The van der Waals surface area contributed by atoms with Crippen LogP contribution < -0.4 is 10.6 Å². The van der Waals surface area contributed by atoms with Crippen LogP contribution >= 0.6 is 11.3 Å². The summed E-state index contributed by atoms with van der Waals surface area (Å²) in [6, 6.07) is 9.25. The lowest BCUT2D eigenvalue weighted by atomic mass is 10.1. The topological polar surface area (TPSA) is 84.2 Å². The van der Waals surface area contributed by atoms with Crippen molar-refractivity contribution in [1.29, 1.82) is 0 Å². The molecular weight excluding hydrogens is 350 g/mol. The molecule has 2 N–H and O–H groups in total. The van der Waals surface area contributed by atoms with Gasteiger partial charge in [0.1, 0.15) is 4.88 Å². The second-order valence-electron chi connectivity index (χ2n) is 6.16. The van der Waals surface area contributed by atoms with Gasteiger partial charge < -0.3 is 9.73 Å². The third-order valence-electron chi connectivity index (χ3n) is 4.32. The minimum Gasteiger partial charge on any atom is -0.459 e. The van der Waals surface area contributed by atoms with E-state index in [9.17, 15) is 9.59 Å². The maximum Gasteiger partial charge on any atom is 0.293 e. The zero-order chi connectivity index (χ0) is 18.1. The molecule has 132 valence electrons. The highest BCUT2D eigenvalue weighted by Gasteiger charge is 2.19. The van der Waals surface area contributed by atoms with Crippen LogP contribution in [0, 0.1) is 6.92 Å². The molecule has 1 aromatic carbocycles. The molecule has 6 nitrogen and oxygen atoms in total. The summed E-state index contributed by atoms with van der Waals surface area (Å²) in [6.07, 6.45) is 4.76. The van der Waals surface area contributed by atoms with Gasteiger partial charge in [0.25, 0.3) is 11.8 Å². The Hall–Kier alpha value is -2.93. The first-order chi connectivity index (χ1) is 12.6. The monoisotopic (exact) mass is 367 g/mol. The summed E-state index contributed by atoms with van der Waals surface area (Å²) in [5.41, 5.74) is 4.02. The first kappa shape index (κ1) is 16.5. The van der Waals surface area contributed by atoms with Crippen LogP contribution in [0.1, 0.15) is 43.5 Å². The molecule has 3 aromatic rings. The van der Waals surface area contributed by atoms with E-state index < -0.39 is 5.91 Å². The molecule has 0 saturated heterocycles. The van der Waals surface area contributed by atoms with Gasteiger partial charge in [0.15, 0.2) is 10.9 Å². The third-order valence-corrected chi connectivity index (χ3v) is 5.40. The summed E-state index contributed by atoms with van der Waals surface area (Å²) in [7, 11) is 0. The van der Waals surface area contributed by atoms with Gasteiger partial charge in [-0.3, -0.25) is 14.9 Å². The minimum absolute atomic E-state index is 0.196. The zero-order valence-electron chi connectivity index (χ0n) is 14.2. The highest BCUT2D eigenvalue weighted by atomic mass is 32.1. The van der Waals surface area contributed by atoms with Crippen molar-refractivity contribution in [2.75, 3.05) is 10.6 Å². The number of anilines is 2. The van der Waals surface area contributed by atoms with Gasteiger partial charge in [-0.2, -0.15) is 0 Å². The number of rotatable bonds is 4. The third kappa shape index (κ3) is 3.25. The number of hydrogen-bond acceptors (Lipinski definition) is 5. The van der Waals surface area contributed by atoms with Crippen LogP contribution in [0.3, 0.4) is 0 Å². The van der Waals surface area contributed by atoms with E-state index in [1.165, 1.54) is 23.8 Å². The van der Waals surface area contributed by atoms with Crippen LogP contribution in [0.15, 0.2) is 41.0 Å². The number of thiazole rings is 1. The van der Waals surface area contributed by atoms with Crippen molar-refractivity contribution in [1.82, 2.24) is 4.98 Å². The Bertz CT molecular complexity index is 976. The molecule has 2 heterocycles. The Morgan fingerprint density at radius 1 is 1.12 bits per heavy atom. The lowest BCUT2D eigenvalue weighted by molar-refractivity contribution is 0.0994. The van der Waals surface area contributed by atoms with Gasteiger partial charge in [-0.05, 0) is 61.6 Å². The summed E-state index contributed by atoms with van der Waals surface area (Å²) in [5.74, 6) is -0.423. The number of carbonyl (C=O) groups excluding carboxylic acids is 2. The number of nitrogens with zero attached hydrogens (tertiary/aromatic N) is 1. The number of fused-ring (bicyclic) bond motifs is 1. The molecule has 0 radical (unpaired) electrons. The molecule has 0 atom stereocenters. The van der Waals surface area contributed by atoms with E-state index in [4.69, 9.17) is 4.42 Å². The first-order valence-corrected chi connectivity index (χ1v) is 9.17. The fraction of sp³-hybridized carbons (Fsp3) is 0.211. The molecule has 1 aliphatic rings. The Kier molecular flexibility index (Phi) is 4.30. The Morgan fingerprint density at radius 2 is 1.96 bits per heavy atom. The number of benzene rings is 1. The lowest BCUT2D eigenvalue weighted by Gasteiger charge is -2.06. The molecule has 2 aromatic heterocycles. The van der Waals surface area contributed by atoms with E-state index >= 15 is 0 Å². The average Bonchev–Trinajstić information content (AvgIpc) is 3.34. The van der Waals surface area contributed by atoms with Gasteiger partial charge in [0, 0.05) is 5.69 Å². The number of nitrogens with one attached hydrogen (secondary N) is 2. The van der Waals surface area contributed by atoms with Gasteiger partial charge in [-0.1, -0.05) is 17.4 Å². The van der Waals surface area contributed by atoms with Crippen LogP contribution in [-0.2, 0) is 12.8 Å². The van der Waals surface area contributed by atoms with E-state index in [1.54, 1.807) is 19.1 Å². The van der Waals surface area contributed by atoms with Gasteiger partial charge in [0.2, 0.25) is 0 Å². The molecule has 0 fully saturated rings. The molecule has 0 unspecified atom stereocenters. The van der Waals surface area contributed by atoms with Crippen LogP contribution in [0.4, 0.5) is 10.8 Å². The second kappa shape index (κ2) is 6.76. The van der Waals surface area contributed by atoms with Crippen molar-refractivity contribution in [2.24, 2.45) is 0 Å². The quantitative estimate of drug-likeness (QED) is 0.729. The standard InChI is InChI=1S/C19H17N3O3S/c1-11-16(26-19(20-11)22-17(23)15-6-3-9-25-15)18(24)21-14-8-7-12-4-2-5-13(12)10-14/h3,6-10H,2,4-5H2,1H3,(H,21,24)(H,20,22,23). The highest BCUT2D eigenvalue weighted by molar-refractivity contribution is 7.17. The van der Waals surface area contributed by atoms with Crippen molar-refractivity contribution in [3.63, 3.8) is 0 Å². The van der Waals surface area contributed by atoms with Crippen molar-refractivity contribution >= 4 is 34.0 Å². The van der Waals surface area contributed by atoms with E-state index in [0.29, 0.717) is 15.7 Å². The molecule has 26 heavy (non-hydrogen) atoms. The van der Waals surface area contributed by atoms with Gasteiger partial charge in [-0.25, -0.2) is 4.98 Å². The second-order valence-corrected chi connectivity index (χ2v) is 7.16. The van der Waals surface area contributed by atoms with E-state index in [1.807, 2.05) is 12.1 Å². The van der Waals surface area contributed by atoms with Gasteiger partial charge in [-0.15, -0.1) is 0 Å². The summed E-state index contributed by atoms with van der Waals surface area (Å²) in [5, 5.41) is 5.94. The smallest absolute Gasteiger partial charge is 0.293 e. The zero-order valence-corrected chi connectivity index (χ0v) is 15.0. The largest absolute Gasteiger partial charge is 0.459 e. The Balaban J connectivity index is 1.48. The first-order valence-electron chi connectivity index (χ1n) is 8.35. The highest BCUT2D eigenvalue weighted by Crippen LogP contribution is 2.27. The van der Waals surface area contributed by atoms with Crippen LogP contribution in [0.25, 0.3) is 0 Å². The molecule has 0 saturated carbocycles. The number of aromatic nitrogens is 1. The SMILES string of the molecule is Cc1nc(NC(=O)c2ccco2)sc1C(=O)Nc1ccc2c(c1)CCC2. The van der Waals surface area contributed by atoms with E-state index in [2.05, 4.69) is 21.7 Å². The summed E-state index contributed by atoms with van der Waals surface area (Å²) in [6.45, 7) is 1.75. The van der Waals surface area contributed by atoms with Crippen molar-refractivity contribution < 1.29 is 14.0 Å². The summed E-state index contributed by atoms with van der Waals surface area (Å²) in [4.78, 5) is 29.4. The van der Waals surface area contributed by atoms with Gasteiger partial charge >= 0.3 is 0 Å². The maximum atomic E-state index is 12.6. The van der Waals surface area contributed by atoms with Crippen LogP contribution in [-0.4, -0.2) is 16.8 Å². The number of furan rings is 1. The summed E-state index contributed by atoms with van der Waals surface area (Å²) < 4.78 is 5.05. The molecular formula is C19H17N3O3S. The summed E-state index contributed by atoms with van der Waals surface area (Å²) >= 11 is 1.14. The Labute approximate surface area is 154 Å². The maximum absolute atomic E-state index is 12.6. The molecule has 4 rings (SSSR count). The van der Waals surface area contributed by atoms with E-state index in [0.717, 1.165) is 29.9 Å². The van der Waals surface area contributed by atoms with Crippen molar-refractivity contribution in [2.45, 2.75) is 26.2 Å². The number of carbonyl (C=O) groups is 2. The predicted molar refractivity (Wildman–Crippen MR) is 99.9 cm³/mol.